The van der Waals surface area contributed by atoms with Gasteiger partial charge in [-0.05, 0) is 55.0 Å². The van der Waals surface area contributed by atoms with E-state index in [2.05, 4.69) is 65.1 Å². The molecule has 35 heavy (non-hydrogen) atoms. The lowest BCUT2D eigenvalue weighted by molar-refractivity contribution is 0.267. The summed E-state index contributed by atoms with van der Waals surface area (Å²) in [5.74, 6) is 2.00. The standard InChI is InChI=1S/C28H37N6O/c1-4-21-17-26(35)34(24-7-5-6-8-24)27-25(21)18-29-28(31-27)30-22-9-11-23(12-10-22)33-15-13-32(14-16-33)19-20(2)3/h9-12,17-18,24H,4-8,13-16,19H2,1-3H3,(H,29,30,31). The summed E-state index contributed by atoms with van der Waals surface area (Å²) >= 11 is 0. The fourth-order valence-electron chi connectivity index (χ4n) is 5.55. The van der Waals surface area contributed by atoms with Crippen molar-refractivity contribution in [2.75, 3.05) is 42.9 Å². The van der Waals surface area contributed by atoms with Gasteiger partial charge in [-0.25, -0.2) is 4.98 Å². The third-order valence-corrected chi connectivity index (χ3v) is 7.35. The number of fused-ring (bicyclic) bond motifs is 1. The van der Waals surface area contributed by atoms with Crippen LogP contribution in [0.4, 0.5) is 17.3 Å². The van der Waals surface area contributed by atoms with Gasteiger partial charge in [0.1, 0.15) is 5.65 Å². The molecule has 1 aliphatic heterocycles. The van der Waals surface area contributed by atoms with Gasteiger partial charge >= 0.3 is 0 Å². The molecule has 0 amide bonds. The van der Waals surface area contributed by atoms with Crippen molar-refractivity contribution in [2.45, 2.75) is 58.9 Å². The zero-order valence-corrected chi connectivity index (χ0v) is 21.3. The molecule has 7 nitrogen and oxygen atoms in total. The number of nitrogens with one attached hydrogen (secondary N) is 1. The van der Waals surface area contributed by atoms with Crippen LogP contribution in [0.15, 0.2) is 41.3 Å². The number of pyridine rings is 1. The first-order valence-corrected chi connectivity index (χ1v) is 13.1. The summed E-state index contributed by atoms with van der Waals surface area (Å²) in [5, 5.41) is 4.34. The average molecular weight is 474 g/mol. The normalized spacial score (nSPS) is 17.5. The van der Waals surface area contributed by atoms with Crippen molar-refractivity contribution in [3.05, 3.63) is 58.4 Å². The lowest BCUT2D eigenvalue weighted by Crippen LogP contribution is -2.47. The van der Waals surface area contributed by atoms with Crippen LogP contribution in [-0.2, 0) is 6.42 Å². The summed E-state index contributed by atoms with van der Waals surface area (Å²) < 4.78 is 1.91. The highest BCUT2D eigenvalue weighted by Gasteiger charge is 2.22. The van der Waals surface area contributed by atoms with Crippen molar-refractivity contribution in [3.8, 4) is 0 Å². The molecule has 1 saturated carbocycles. The molecule has 2 aliphatic rings. The number of hydrogen-bond acceptors (Lipinski definition) is 6. The van der Waals surface area contributed by atoms with Crippen LogP contribution in [0.1, 0.15) is 58.1 Å². The number of aromatic nitrogens is 3. The van der Waals surface area contributed by atoms with Gasteiger partial charge in [0.25, 0.3) is 5.56 Å². The quantitative estimate of drug-likeness (QED) is 0.524. The Kier molecular flexibility index (Phi) is 7.04. The van der Waals surface area contributed by atoms with Gasteiger partial charge in [-0.2, -0.15) is 4.98 Å². The van der Waals surface area contributed by atoms with Crippen LogP contribution >= 0.6 is 0 Å². The number of anilines is 3. The number of hydrogen-bond donors (Lipinski definition) is 1. The van der Waals surface area contributed by atoms with Crippen LogP contribution in [0, 0.1) is 5.92 Å². The summed E-state index contributed by atoms with van der Waals surface area (Å²) in [6, 6.07) is 10.5. The number of rotatable bonds is 7. The third kappa shape index (κ3) is 5.20. The zero-order chi connectivity index (χ0) is 24.4. The first-order chi connectivity index (χ1) is 17.0. The second-order valence-corrected chi connectivity index (χ2v) is 10.2. The van der Waals surface area contributed by atoms with Gasteiger partial charge in [0.05, 0.1) is 0 Å². The lowest BCUT2D eigenvalue weighted by atomic mass is 10.1. The fraction of sp³-hybridized carbons (Fsp3) is 0.500. The Labute approximate surface area is 208 Å². The molecule has 0 unspecified atom stereocenters. The summed E-state index contributed by atoms with van der Waals surface area (Å²) in [7, 11) is 0. The van der Waals surface area contributed by atoms with Crippen LogP contribution in [-0.4, -0.2) is 52.2 Å². The van der Waals surface area contributed by atoms with Crippen LogP contribution < -0.4 is 15.8 Å². The zero-order valence-electron chi connectivity index (χ0n) is 21.3. The predicted molar refractivity (Wildman–Crippen MR) is 144 cm³/mol. The highest BCUT2D eigenvalue weighted by Crippen LogP contribution is 2.31. The van der Waals surface area contributed by atoms with Crippen molar-refractivity contribution < 1.29 is 0 Å². The number of nitrogens with zero attached hydrogens (tertiary/aromatic N) is 5. The number of aryl methyl sites for hydroxylation is 1. The van der Waals surface area contributed by atoms with Crippen molar-refractivity contribution in [1.82, 2.24) is 19.4 Å². The molecule has 1 aliphatic carbocycles. The third-order valence-electron chi connectivity index (χ3n) is 7.35. The largest absolute Gasteiger partial charge is 0.369 e. The van der Waals surface area contributed by atoms with E-state index < -0.39 is 0 Å². The van der Waals surface area contributed by atoms with E-state index in [-0.39, 0.29) is 11.6 Å². The Balaban J connectivity index is 1.34. The average Bonchev–Trinajstić information content (AvgIpc) is 3.38. The van der Waals surface area contributed by atoms with Gasteiger partial charge in [0, 0.05) is 67.8 Å². The molecule has 0 spiro atoms. The molecular formula is C28H37N6O. The Hall–Kier alpha value is -2.93. The SMILES string of the molecule is CCc1cc(=O)n(C2CCCC2)c2nc(Nc3ccc(N4CCN(C[C](C)C)CC4)cc3)ncc12. The first-order valence-electron chi connectivity index (χ1n) is 13.1. The summed E-state index contributed by atoms with van der Waals surface area (Å²) in [6.07, 6.45) is 7.08. The second-order valence-electron chi connectivity index (χ2n) is 10.2. The minimum Gasteiger partial charge on any atom is -0.369 e. The molecule has 7 heteroatoms. The van der Waals surface area contributed by atoms with E-state index in [0.29, 0.717) is 5.95 Å². The summed E-state index contributed by atoms with van der Waals surface area (Å²) in [5.41, 5.74) is 4.02. The van der Waals surface area contributed by atoms with E-state index >= 15 is 0 Å². The van der Waals surface area contributed by atoms with E-state index in [1.807, 2.05) is 10.8 Å². The van der Waals surface area contributed by atoms with Gasteiger partial charge < -0.3 is 10.2 Å². The van der Waals surface area contributed by atoms with Gasteiger partial charge in [-0.15, -0.1) is 0 Å². The molecule has 0 bridgehead atoms. The molecule has 1 saturated heterocycles. The molecule has 2 aromatic heterocycles. The van der Waals surface area contributed by atoms with Crippen LogP contribution in [0.25, 0.3) is 11.0 Å². The fourth-order valence-corrected chi connectivity index (χ4v) is 5.55. The lowest BCUT2D eigenvalue weighted by Gasteiger charge is -2.36. The Morgan fingerprint density at radius 1 is 1.06 bits per heavy atom. The van der Waals surface area contributed by atoms with Gasteiger partial charge in [0.15, 0.2) is 0 Å². The minimum absolute atomic E-state index is 0.0577. The monoisotopic (exact) mass is 473 g/mol. The van der Waals surface area contributed by atoms with Gasteiger partial charge in [-0.1, -0.05) is 33.6 Å². The van der Waals surface area contributed by atoms with E-state index in [9.17, 15) is 4.79 Å². The molecule has 1 aromatic carbocycles. The topological polar surface area (TPSA) is 66.3 Å². The van der Waals surface area contributed by atoms with Crippen LogP contribution in [0.3, 0.4) is 0 Å². The highest BCUT2D eigenvalue weighted by molar-refractivity contribution is 5.80. The van der Waals surface area contributed by atoms with Crippen molar-refractivity contribution in [1.29, 1.82) is 0 Å². The Morgan fingerprint density at radius 3 is 2.43 bits per heavy atom. The van der Waals surface area contributed by atoms with Crippen molar-refractivity contribution in [3.63, 3.8) is 0 Å². The smallest absolute Gasteiger partial charge is 0.252 e. The maximum atomic E-state index is 13.0. The van der Waals surface area contributed by atoms with E-state index in [0.717, 1.165) is 74.3 Å². The van der Waals surface area contributed by atoms with E-state index in [1.165, 1.54) is 24.4 Å². The molecule has 185 valence electrons. The Bertz CT molecular complexity index is 1200. The second kappa shape index (κ2) is 10.4. The first kappa shape index (κ1) is 23.8. The molecule has 3 heterocycles. The molecular weight excluding hydrogens is 436 g/mol. The minimum atomic E-state index is 0.0577. The maximum absolute atomic E-state index is 13.0. The van der Waals surface area contributed by atoms with Crippen molar-refractivity contribution in [2.24, 2.45) is 0 Å². The van der Waals surface area contributed by atoms with E-state index in [4.69, 9.17) is 4.98 Å². The van der Waals surface area contributed by atoms with Gasteiger partial charge in [0.2, 0.25) is 5.95 Å². The molecule has 3 aromatic rings. The highest BCUT2D eigenvalue weighted by atomic mass is 16.1. The van der Waals surface area contributed by atoms with Crippen LogP contribution in [0.5, 0.6) is 0 Å². The van der Waals surface area contributed by atoms with Gasteiger partial charge in [-0.3, -0.25) is 14.3 Å². The Morgan fingerprint density at radius 2 is 1.77 bits per heavy atom. The maximum Gasteiger partial charge on any atom is 0.252 e. The molecule has 1 N–H and O–H groups in total. The molecule has 1 radical (unpaired) electrons. The molecule has 2 fully saturated rings. The summed E-state index contributed by atoms with van der Waals surface area (Å²) in [4.78, 5) is 27.4. The predicted octanol–water partition coefficient (Wildman–Crippen LogP) is 4.95. The summed E-state index contributed by atoms with van der Waals surface area (Å²) in [6.45, 7) is 11.9. The number of benzene rings is 1. The van der Waals surface area contributed by atoms with Crippen molar-refractivity contribution >= 4 is 28.4 Å². The molecule has 5 rings (SSSR count). The van der Waals surface area contributed by atoms with Crippen LogP contribution in [0.2, 0.25) is 0 Å². The molecule has 0 atom stereocenters. The van der Waals surface area contributed by atoms with E-state index in [1.54, 1.807) is 6.07 Å². The number of piperazine rings is 1.